The summed E-state index contributed by atoms with van der Waals surface area (Å²) in [6.45, 7) is 11.2. The predicted molar refractivity (Wildman–Crippen MR) is 90.8 cm³/mol. The number of piperazine rings is 1. The average molecular weight is 391 g/mol. The van der Waals surface area contributed by atoms with Crippen LogP contribution in [-0.4, -0.2) is 55.6 Å². The number of rotatable bonds is 6. The fourth-order valence-electron chi connectivity index (χ4n) is 2.73. The molecule has 0 spiro atoms. The Hall–Kier alpha value is -0.110. The monoisotopic (exact) mass is 391 g/mol. The van der Waals surface area contributed by atoms with Crippen molar-refractivity contribution in [3.63, 3.8) is 0 Å². The van der Waals surface area contributed by atoms with Crippen LogP contribution < -0.4 is 5.32 Å². The fraction of sp³-hybridized carbons (Fsp3) is 0.733. The second-order valence-corrected chi connectivity index (χ2v) is 7.05. The van der Waals surface area contributed by atoms with Gasteiger partial charge in [0.15, 0.2) is 3.77 Å². The molecule has 1 saturated heterocycles. The van der Waals surface area contributed by atoms with Crippen molar-refractivity contribution in [2.45, 2.75) is 26.4 Å². The molecule has 0 saturated carbocycles. The summed E-state index contributed by atoms with van der Waals surface area (Å²) < 4.78 is 6.55. The van der Waals surface area contributed by atoms with Gasteiger partial charge in [-0.25, -0.2) is 0 Å². The highest BCUT2D eigenvalue weighted by molar-refractivity contribution is 14.1. The minimum Gasteiger partial charge on any atom is -0.454 e. The zero-order valence-corrected chi connectivity index (χ0v) is 14.9. The molecule has 0 radical (unpaired) electrons. The van der Waals surface area contributed by atoms with E-state index in [-0.39, 0.29) is 0 Å². The second-order valence-electron chi connectivity index (χ2n) is 5.99. The number of hydrogen-bond acceptors (Lipinski definition) is 4. The van der Waals surface area contributed by atoms with Gasteiger partial charge in [0, 0.05) is 38.8 Å². The van der Waals surface area contributed by atoms with Crippen LogP contribution in [0.2, 0.25) is 0 Å². The summed E-state index contributed by atoms with van der Waals surface area (Å²) in [5.74, 6) is 1.69. The molecule has 1 fully saturated rings. The molecule has 1 N–H and O–H groups in total. The highest BCUT2D eigenvalue weighted by Gasteiger charge is 2.24. The molecular formula is C15H26IN3O. The van der Waals surface area contributed by atoms with Gasteiger partial charge in [-0.3, -0.25) is 4.90 Å². The number of likely N-dealkylation sites (N-methyl/N-ethyl adjacent to an activating group) is 1. The van der Waals surface area contributed by atoms with Crippen LogP contribution >= 0.6 is 22.6 Å². The van der Waals surface area contributed by atoms with E-state index in [1.165, 1.54) is 26.2 Å². The van der Waals surface area contributed by atoms with Gasteiger partial charge >= 0.3 is 0 Å². The molecule has 4 nitrogen and oxygen atoms in total. The molecule has 1 aromatic heterocycles. The van der Waals surface area contributed by atoms with Crippen molar-refractivity contribution in [3.8, 4) is 0 Å². The Bertz CT molecular complexity index is 400. The van der Waals surface area contributed by atoms with Crippen LogP contribution in [0, 0.1) is 9.68 Å². The Morgan fingerprint density at radius 3 is 2.50 bits per heavy atom. The van der Waals surface area contributed by atoms with Gasteiger partial charge in [-0.2, -0.15) is 0 Å². The van der Waals surface area contributed by atoms with E-state index in [0.717, 1.165) is 22.6 Å². The van der Waals surface area contributed by atoms with Gasteiger partial charge in [0.2, 0.25) is 0 Å². The van der Waals surface area contributed by atoms with E-state index in [0.29, 0.717) is 12.0 Å². The third-order valence-electron chi connectivity index (χ3n) is 4.06. The number of halogens is 1. The maximum Gasteiger partial charge on any atom is 0.164 e. The first-order chi connectivity index (χ1) is 9.56. The summed E-state index contributed by atoms with van der Waals surface area (Å²) in [4.78, 5) is 5.04. The van der Waals surface area contributed by atoms with Gasteiger partial charge in [0.1, 0.15) is 5.76 Å². The van der Waals surface area contributed by atoms with Gasteiger partial charge in [0.25, 0.3) is 0 Å². The second kappa shape index (κ2) is 7.77. The molecule has 114 valence electrons. The molecular weight excluding hydrogens is 365 g/mol. The molecule has 2 heterocycles. The summed E-state index contributed by atoms with van der Waals surface area (Å²) in [6, 6.07) is 4.67. The smallest absolute Gasteiger partial charge is 0.164 e. The average Bonchev–Trinajstić information content (AvgIpc) is 2.81. The lowest BCUT2D eigenvalue weighted by Crippen LogP contribution is -2.53. The summed E-state index contributed by atoms with van der Waals surface area (Å²) in [5, 5.41) is 3.55. The first-order valence-electron chi connectivity index (χ1n) is 7.44. The topological polar surface area (TPSA) is 31.7 Å². The fourth-order valence-corrected chi connectivity index (χ4v) is 3.19. The van der Waals surface area contributed by atoms with E-state index in [2.05, 4.69) is 64.7 Å². The van der Waals surface area contributed by atoms with Gasteiger partial charge in [-0.05, 0) is 47.7 Å². The molecule has 20 heavy (non-hydrogen) atoms. The lowest BCUT2D eigenvalue weighted by molar-refractivity contribution is 0.0872. The number of nitrogens with one attached hydrogen (secondary N) is 1. The van der Waals surface area contributed by atoms with E-state index in [1.54, 1.807) is 0 Å². The van der Waals surface area contributed by atoms with Crippen LogP contribution in [0.3, 0.4) is 0 Å². The van der Waals surface area contributed by atoms with Gasteiger partial charge in [-0.15, -0.1) is 0 Å². The third-order valence-corrected chi connectivity index (χ3v) is 4.64. The predicted octanol–water partition coefficient (Wildman–Crippen LogP) is 2.25. The Labute approximate surface area is 136 Å². The van der Waals surface area contributed by atoms with Crippen molar-refractivity contribution in [2.75, 3.05) is 39.8 Å². The minimum absolute atomic E-state index is 0.609. The molecule has 2 rings (SSSR count). The van der Waals surface area contributed by atoms with Crippen LogP contribution in [0.25, 0.3) is 0 Å². The van der Waals surface area contributed by atoms with E-state index in [1.807, 2.05) is 6.07 Å². The lowest BCUT2D eigenvalue weighted by atomic mass is 10.0. The molecule has 1 aliphatic rings. The van der Waals surface area contributed by atoms with Crippen molar-refractivity contribution in [2.24, 2.45) is 5.92 Å². The maximum atomic E-state index is 5.59. The summed E-state index contributed by atoms with van der Waals surface area (Å²) >= 11 is 2.21. The Morgan fingerprint density at radius 2 is 1.95 bits per heavy atom. The van der Waals surface area contributed by atoms with Gasteiger partial charge in [0.05, 0.1) is 6.54 Å². The van der Waals surface area contributed by atoms with Gasteiger partial charge < -0.3 is 14.6 Å². The standard InChI is InChI=1S/C15H26IN3O/c1-12(2)14(19-8-6-18(3)7-9-19)11-17-10-13-4-5-15(16)20-13/h4-5,12,14,17H,6-11H2,1-3H3. The normalized spacial score (nSPS) is 19.6. The Morgan fingerprint density at radius 1 is 1.25 bits per heavy atom. The Kier molecular flexibility index (Phi) is 6.32. The summed E-state index contributed by atoms with van der Waals surface area (Å²) in [7, 11) is 2.21. The first-order valence-corrected chi connectivity index (χ1v) is 8.51. The molecule has 0 amide bonds. The van der Waals surface area contributed by atoms with E-state index in [4.69, 9.17) is 4.42 Å². The quantitative estimate of drug-likeness (QED) is 0.754. The highest BCUT2D eigenvalue weighted by atomic mass is 127. The van der Waals surface area contributed by atoms with Crippen LogP contribution in [0.1, 0.15) is 19.6 Å². The maximum absolute atomic E-state index is 5.59. The SMILES string of the molecule is CC(C)C(CNCc1ccc(I)o1)N1CCN(C)CC1. The largest absolute Gasteiger partial charge is 0.454 e. The molecule has 0 bridgehead atoms. The van der Waals surface area contributed by atoms with Crippen LogP contribution in [-0.2, 0) is 6.54 Å². The van der Waals surface area contributed by atoms with Crippen LogP contribution in [0.4, 0.5) is 0 Å². The van der Waals surface area contributed by atoms with E-state index < -0.39 is 0 Å². The van der Waals surface area contributed by atoms with Gasteiger partial charge in [-0.1, -0.05) is 13.8 Å². The lowest BCUT2D eigenvalue weighted by Gasteiger charge is -2.40. The third kappa shape index (κ3) is 4.72. The highest BCUT2D eigenvalue weighted by Crippen LogP contribution is 2.14. The van der Waals surface area contributed by atoms with E-state index in [9.17, 15) is 0 Å². The molecule has 0 aliphatic carbocycles. The zero-order chi connectivity index (χ0) is 14.5. The summed E-state index contributed by atoms with van der Waals surface area (Å²) in [5.41, 5.74) is 0. The molecule has 1 unspecified atom stereocenters. The van der Waals surface area contributed by atoms with Crippen LogP contribution in [0.5, 0.6) is 0 Å². The van der Waals surface area contributed by atoms with E-state index >= 15 is 0 Å². The first kappa shape index (κ1) is 16.3. The zero-order valence-electron chi connectivity index (χ0n) is 12.7. The number of nitrogens with zero attached hydrogens (tertiary/aromatic N) is 2. The minimum atomic E-state index is 0.609. The van der Waals surface area contributed by atoms with Crippen molar-refractivity contribution >= 4 is 22.6 Å². The van der Waals surface area contributed by atoms with Crippen molar-refractivity contribution in [3.05, 3.63) is 21.7 Å². The molecule has 1 atom stereocenters. The van der Waals surface area contributed by atoms with Crippen molar-refractivity contribution in [1.82, 2.24) is 15.1 Å². The number of furan rings is 1. The molecule has 1 aliphatic heterocycles. The molecule has 0 aromatic carbocycles. The van der Waals surface area contributed by atoms with Crippen molar-refractivity contribution in [1.29, 1.82) is 0 Å². The van der Waals surface area contributed by atoms with Crippen LogP contribution in [0.15, 0.2) is 16.5 Å². The summed E-state index contributed by atoms with van der Waals surface area (Å²) in [6.07, 6.45) is 0. The molecule has 1 aromatic rings. The van der Waals surface area contributed by atoms with Crippen molar-refractivity contribution < 1.29 is 4.42 Å². The molecule has 5 heteroatoms. The Balaban J connectivity index is 1.80. The number of hydrogen-bond donors (Lipinski definition) is 1.